The fourth-order valence-corrected chi connectivity index (χ4v) is 1.85. The summed E-state index contributed by atoms with van der Waals surface area (Å²) in [6.45, 7) is 2.05. The van der Waals surface area contributed by atoms with Crippen molar-refractivity contribution in [1.82, 2.24) is 4.98 Å². The Morgan fingerprint density at radius 2 is 2.00 bits per heavy atom. The number of aryl methyl sites for hydroxylation is 1. The van der Waals surface area contributed by atoms with Gasteiger partial charge >= 0.3 is 0 Å². The smallest absolute Gasteiger partial charge is 0.227 e. The zero-order valence-electron chi connectivity index (χ0n) is 9.47. The van der Waals surface area contributed by atoms with Crippen molar-refractivity contribution in [3.8, 4) is 11.5 Å². The van der Waals surface area contributed by atoms with Crippen LogP contribution in [0.1, 0.15) is 5.56 Å². The Balaban J connectivity index is 2.18. The third-order valence-corrected chi connectivity index (χ3v) is 2.68. The first kappa shape index (κ1) is 10.1. The first-order valence-electron chi connectivity index (χ1n) is 5.45. The summed E-state index contributed by atoms with van der Waals surface area (Å²) in [4.78, 5) is 4.44. The average molecular weight is 219 g/mol. The van der Waals surface area contributed by atoms with E-state index in [0.29, 0.717) is 11.4 Å². The predicted molar refractivity (Wildman–Crippen MR) is 69.6 cm³/mol. The monoisotopic (exact) mass is 219 g/mol. The maximum atomic E-state index is 5.71. The SMILES string of the molecule is [B]c1ccc2oc(-c3cccc(C)c3)nc2c1. The standard InChI is InChI=1S/C14H10BNO/c1-9-3-2-4-10(7-9)14-16-12-8-11(15)5-6-13(12)17-14/h2-8H,1H3. The van der Waals surface area contributed by atoms with Gasteiger partial charge in [-0.3, -0.25) is 0 Å². The molecule has 0 saturated heterocycles. The van der Waals surface area contributed by atoms with Crippen molar-refractivity contribution in [2.45, 2.75) is 6.92 Å². The van der Waals surface area contributed by atoms with Crippen molar-refractivity contribution in [2.75, 3.05) is 0 Å². The molecule has 0 amide bonds. The minimum absolute atomic E-state index is 0.634. The van der Waals surface area contributed by atoms with Gasteiger partial charge in [0.2, 0.25) is 5.89 Å². The summed E-state index contributed by atoms with van der Waals surface area (Å²) in [5.74, 6) is 0.634. The number of hydrogen-bond acceptors (Lipinski definition) is 2. The van der Waals surface area contributed by atoms with Gasteiger partial charge in [-0.05, 0) is 31.2 Å². The van der Waals surface area contributed by atoms with E-state index in [4.69, 9.17) is 12.3 Å². The van der Waals surface area contributed by atoms with Gasteiger partial charge < -0.3 is 4.42 Å². The second-order valence-electron chi connectivity index (χ2n) is 4.12. The number of fused-ring (bicyclic) bond motifs is 1. The first-order valence-corrected chi connectivity index (χ1v) is 5.45. The Morgan fingerprint density at radius 1 is 1.12 bits per heavy atom. The highest BCUT2D eigenvalue weighted by atomic mass is 16.3. The van der Waals surface area contributed by atoms with Crippen LogP contribution in [0.4, 0.5) is 0 Å². The molecule has 0 fully saturated rings. The van der Waals surface area contributed by atoms with Crippen LogP contribution in [0.15, 0.2) is 46.9 Å². The molecule has 3 aromatic rings. The van der Waals surface area contributed by atoms with Crippen molar-refractivity contribution in [2.24, 2.45) is 0 Å². The second-order valence-corrected chi connectivity index (χ2v) is 4.12. The zero-order valence-corrected chi connectivity index (χ0v) is 9.47. The molecule has 3 rings (SSSR count). The van der Waals surface area contributed by atoms with Crippen molar-refractivity contribution >= 4 is 24.4 Å². The van der Waals surface area contributed by atoms with Crippen LogP contribution in [0.25, 0.3) is 22.6 Å². The Bertz CT molecular complexity index is 688. The van der Waals surface area contributed by atoms with Crippen LogP contribution in [0.2, 0.25) is 0 Å². The molecule has 0 N–H and O–H groups in total. The lowest BCUT2D eigenvalue weighted by atomic mass is 9.96. The molecule has 2 nitrogen and oxygen atoms in total. The van der Waals surface area contributed by atoms with Crippen molar-refractivity contribution < 1.29 is 4.42 Å². The van der Waals surface area contributed by atoms with E-state index in [0.717, 1.165) is 16.7 Å². The summed E-state index contributed by atoms with van der Waals surface area (Å²) in [6.07, 6.45) is 0. The van der Waals surface area contributed by atoms with Crippen LogP contribution in [-0.4, -0.2) is 12.8 Å². The van der Waals surface area contributed by atoms with E-state index in [-0.39, 0.29) is 0 Å². The lowest BCUT2D eigenvalue weighted by molar-refractivity contribution is 0.620. The summed E-state index contributed by atoms with van der Waals surface area (Å²) in [7, 11) is 5.71. The van der Waals surface area contributed by atoms with E-state index < -0.39 is 0 Å². The highest BCUT2D eigenvalue weighted by Crippen LogP contribution is 2.23. The Labute approximate surface area is 101 Å². The molecule has 2 aromatic carbocycles. The van der Waals surface area contributed by atoms with Gasteiger partial charge in [-0.25, -0.2) is 4.98 Å². The molecule has 0 atom stereocenters. The summed E-state index contributed by atoms with van der Waals surface area (Å²) in [5.41, 5.74) is 4.42. The Hall–Kier alpha value is -2.03. The van der Waals surface area contributed by atoms with Gasteiger partial charge in [0.1, 0.15) is 13.4 Å². The van der Waals surface area contributed by atoms with Gasteiger partial charge in [0.05, 0.1) is 0 Å². The molecule has 0 bridgehead atoms. The van der Waals surface area contributed by atoms with Gasteiger partial charge in [-0.1, -0.05) is 29.2 Å². The molecule has 0 aliphatic heterocycles. The van der Waals surface area contributed by atoms with Crippen molar-refractivity contribution in [1.29, 1.82) is 0 Å². The largest absolute Gasteiger partial charge is 0.436 e. The average Bonchev–Trinajstić information content (AvgIpc) is 2.72. The molecule has 2 radical (unpaired) electrons. The predicted octanol–water partition coefficient (Wildman–Crippen LogP) is 2.60. The molecule has 0 spiro atoms. The van der Waals surface area contributed by atoms with E-state index >= 15 is 0 Å². The number of rotatable bonds is 1. The van der Waals surface area contributed by atoms with E-state index in [2.05, 4.69) is 4.98 Å². The van der Waals surface area contributed by atoms with E-state index in [1.54, 1.807) is 0 Å². The summed E-state index contributed by atoms with van der Waals surface area (Å²) in [5, 5.41) is 0. The molecule has 1 heterocycles. The van der Waals surface area contributed by atoms with E-state index in [1.807, 2.05) is 49.4 Å². The maximum absolute atomic E-state index is 5.71. The maximum Gasteiger partial charge on any atom is 0.227 e. The molecule has 3 heteroatoms. The lowest BCUT2D eigenvalue weighted by Crippen LogP contribution is -1.98. The number of aromatic nitrogens is 1. The molecule has 17 heavy (non-hydrogen) atoms. The summed E-state index contributed by atoms with van der Waals surface area (Å²) in [6, 6.07) is 13.6. The topological polar surface area (TPSA) is 26.0 Å². The minimum atomic E-state index is 0.634. The highest BCUT2D eigenvalue weighted by molar-refractivity contribution is 6.33. The minimum Gasteiger partial charge on any atom is -0.436 e. The Kier molecular flexibility index (Phi) is 2.25. The van der Waals surface area contributed by atoms with Crippen LogP contribution in [0.3, 0.4) is 0 Å². The first-order chi connectivity index (χ1) is 8.22. The van der Waals surface area contributed by atoms with Crippen LogP contribution >= 0.6 is 0 Å². The number of oxazole rings is 1. The molecule has 0 unspecified atom stereocenters. The molecule has 0 aliphatic carbocycles. The van der Waals surface area contributed by atoms with Crippen LogP contribution in [0.5, 0.6) is 0 Å². The molecule has 0 saturated carbocycles. The summed E-state index contributed by atoms with van der Waals surface area (Å²) < 4.78 is 5.70. The van der Waals surface area contributed by atoms with Gasteiger partial charge in [0.25, 0.3) is 0 Å². The second kappa shape index (κ2) is 3.77. The number of benzene rings is 2. The fourth-order valence-electron chi connectivity index (χ4n) is 1.85. The number of nitrogens with zero attached hydrogens (tertiary/aromatic N) is 1. The van der Waals surface area contributed by atoms with Gasteiger partial charge in [-0.15, -0.1) is 0 Å². The van der Waals surface area contributed by atoms with Crippen molar-refractivity contribution in [3.05, 3.63) is 48.0 Å². The normalized spacial score (nSPS) is 10.9. The molecule has 1 aromatic heterocycles. The third-order valence-electron chi connectivity index (χ3n) is 2.68. The Morgan fingerprint density at radius 3 is 2.82 bits per heavy atom. The van der Waals surface area contributed by atoms with Crippen LogP contribution in [-0.2, 0) is 0 Å². The van der Waals surface area contributed by atoms with E-state index in [1.165, 1.54) is 5.56 Å². The van der Waals surface area contributed by atoms with E-state index in [9.17, 15) is 0 Å². The third kappa shape index (κ3) is 1.84. The van der Waals surface area contributed by atoms with Gasteiger partial charge in [0, 0.05) is 5.56 Å². The van der Waals surface area contributed by atoms with Crippen molar-refractivity contribution in [3.63, 3.8) is 0 Å². The highest BCUT2D eigenvalue weighted by Gasteiger charge is 2.07. The molecular formula is C14H10BNO. The number of hydrogen-bond donors (Lipinski definition) is 0. The van der Waals surface area contributed by atoms with Crippen LogP contribution in [0, 0.1) is 6.92 Å². The van der Waals surface area contributed by atoms with Gasteiger partial charge in [-0.2, -0.15) is 0 Å². The zero-order chi connectivity index (χ0) is 11.8. The van der Waals surface area contributed by atoms with Gasteiger partial charge in [0.15, 0.2) is 5.58 Å². The van der Waals surface area contributed by atoms with Crippen LogP contribution < -0.4 is 5.46 Å². The fraction of sp³-hybridized carbons (Fsp3) is 0.0714. The molecule has 80 valence electrons. The summed E-state index contributed by atoms with van der Waals surface area (Å²) >= 11 is 0. The lowest BCUT2D eigenvalue weighted by Gasteiger charge is -1.95. The molecule has 0 aliphatic rings. The molecular weight excluding hydrogens is 209 g/mol. The quantitative estimate of drug-likeness (QED) is 0.588.